The number of nitrogens with one attached hydrogen (secondary N) is 1. The summed E-state index contributed by atoms with van der Waals surface area (Å²) >= 11 is 0. The van der Waals surface area contributed by atoms with Crippen molar-refractivity contribution in [2.75, 3.05) is 6.61 Å². The number of carbonyl (C=O) groups is 5. The van der Waals surface area contributed by atoms with Crippen LogP contribution in [-0.4, -0.2) is 67.0 Å². The highest BCUT2D eigenvalue weighted by molar-refractivity contribution is 5.76. The van der Waals surface area contributed by atoms with Gasteiger partial charge in [0.1, 0.15) is 18.8 Å². The molecular weight excluding hydrogens is 378 g/mol. The van der Waals surface area contributed by atoms with E-state index in [1.807, 2.05) is 0 Å². The van der Waals surface area contributed by atoms with Crippen molar-refractivity contribution in [1.29, 1.82) is 0 Å². The summed E-state index contributed by atoms with van der Waals surface area (Å²) in [5.41, 5.74) is 0. The van der Waals surface area contributed by atoms with Gasteiger partial charge in [0, 0.05) is 34.1 Å². The molecule has 11 nitrogen and oxygen atoms in total. The first-order valence-corrected chi connectivity index (χ1v) is 8.65. The molecule has 0 saturated carbocycles. The maximum absolute atomic E-state index is 11.9. The number of amides is 1. The molecule has 0 aromatic rings. The standard InChI is InChI=1S/C17H25NO10/c1-6-13(23)18-14-16(26-10(4)21)15(25-9(3)20)12(7-24-8(2)19)28-17(14)27-11(5)22/h12,14-17H,6-7H2,1-5H3,(H,18,23)/t12-,14+,15+,16-,17-/m1/s1. The first kappa shape index (κ1) is 23.3. The van der Waals surface area contributed by atoms with Gasteiger partial charge in [-0.1, -0.05) is 6.92 Å². The van der Waals surface area contributed by atoms with Crippen LogP contribution in [0, 0.1) is 0 Å². The summed E-state index contributed by atoms with van der Waals surface area (Å²) in [5, 5.41) is 2.55. The molecule has 0 spiro atoms. The molecule has 1 heterocycles. The van der Waals surface area contributed by atoms with E-state index >= 15 is 0 Å². The third-order valence-corrected chi connectivity index (χ3v) is 3.63. The lowest BCUT2D eigenvalue weighted by molar-refractivity contribution is -0.271. The van der Waals surface area contributed by atoms with Crippen LogP contribution >= 0.6 is 0 Å². The summed E-state index contributed by atoms with van der Waals surface area (Å²) in [5.74, 6) is -3.24. The fourth-order valence-electron chi connectivity index (χ4n) is 2.61. The fourth-order valence-corrected chi connectivity index (χ4v) is 2.61. The van der Waals surface area contributed by atoms with Gasteiger partial charge in [0.2, 0.25) is 12.2 Å². The molecule has 0 aromatic heterocycles. The maximum Gasteiger partial charge on any atom is 0.305 e. The minimum atomic E-state index is -1.37. The van der Waals surface area contributed by atoms with Gasteiger partial charge in [0.25, 0.3) is 0 Å². The van der Waals surface area contributed by atoms with E-state index in [1.54, 1.807) is 6.92 Å². The number of carbonyl (C=O) groups excluding carboxylic acids is 5. The molecule has 1 fully saturated rings. The molecule has 1 amide bonds. The summed E-state index contributed by atoms with van der Waals surface area (Å²) in [6.45, 7) is 5.78. The zero-order valence-electron chi connectivity index (χ0n) is 16.4. The van der Waals surface area contributed by atoms with Crippen molar-refractivity contribution in [3.05, 3.63) is 0 Å². The largest absolute Gasteiger partial charge is 0.463 e. The number of hydrogen-bond donors (Lipinski definition) is 1. The topological polar surface area (TPSA) is 144 Å². The zero-order valence-corrected chi connectivity index (χ0v) is 16.4. The van der Waals surface area contributed by atoms with E-state index in [9.17, 15) is 24.0 Å². The quantitative estimate of drug-likeness (QED) is 0.440. The van der Waals surface area contributed by atoms with Gasteiger partial charge < -0.3 is 29.0 Å². The van der Waals surface area contributed by atoms with Crippen molar-refractivity contribution in [2.45, 2.75) is 71.7 Å². The third kappa shape index (κ3) is 7.14. The lowest BCUT2D eigenvalue weighted by Gasteiger charge is -2.44. The molecule has 0 radical (unpaired) electrons. The average molecular weight is 403 g/mol. The summed E-state index contributed by atoms with van der Waals surface area (Å²) in [6, 6.07) is -1.15. The van der Waals surface area contributed by atoms with Crippen LogP contribution in [0.4, 0.5) is 0 Å². The van der Waals surface area contributed by atoms with Crippen LogP contribution in [0.15, 0.2) is 0 Å². The van der Waals surface area contributed by atoms with Gasteiger partial charge in [0.05, 0.1) is 0 Å². The second-order valence-corrected chi connectivity index (χ2v) is 6.05. The summed E-state index contributed by atoms with van der Waals surface area (Å²) < 4.78 is 26.1. The smallest absolute Gasteiger partial charge is 0.305 e. The van der Waals surface area contributed by atoms with Crippen LogP contribution in [-0.2, 0) is 47.7 Å². The zero-order chi connectivity index (χ0) is 21.4. The predicted molar refractivity (Wildman–Crippen MR) is 90.4 cm³/mol. The third-order valence-electron chi connectivity index (χ3n) is 3.63. The van der Waals surface area contributed by atoms with Crippen molar-refractivity contribution in [3.63, 3.8) is 0 Å². The van der Waals surface area contributed by atoms with Crippen LogP contribution in [0.2, 0.25) is 0 Å². The fraction of sp³-hybridized carbons (Fsp3) is 0.706. The summed E-state index contributed by atoms with van der Waals surface area (Å²) in [7, 11) is 0. The van der Waals surface area contributed by atoms with Crippen LogP contribution < -0.4 is 5.32 Å². The van der Waals surface area contributed by atoms with Gasteiger partial charge >= 0.3 is 23.9 Å². The Balaban J connectivity index is 3.31. The second-order valence-electron chi connectivity index (χ2n) is 6.05. The monoisotopic (exact) mass is 403 g/mol. The molecule has 0 aromatic carbocycles. The molecule has 158 valence electrons. The van der Waals surface area contributed by atoms with Crippen LogP contribution in [0.5, 0.6) is 0 Å². The SMILES string of the molecule is CCC(=O)N[C@@H]1[C@H](OC(C)=O)O[C@H](COC(C)=O)[C@H](OC(C)=O)[C@@H]1OC(C)=O. The Labute approximate surface area is 161 Å². The molecule has 1 aliphatic rings. The van der Waals surface area contributed by atoms with Crippen LogP contribution in [0.3, 0.4) is 0 Å². The molecular formula is C17H25NO10. The lowest BCUT2D eigenvalue weighted by atomic mass is 9.96. The highest BCUT2D eigenvalue weighted by Crippen LogP contribution is 2.28. The van der Waals surface area contributed by atoms with E-state index in [0.717, 1.165) is 20.8 Å². The molecule has 0 unspecified atom stereocenters. The van der Waals surface area contributed by atoms with Gasteiger partial charge in [-0.3, -0.25) is 24.0 Å². The molecule has 28 heavy (non-hydrogen) atoms. The molecule has 1 aliphatic heterocycles. The molecule has 5 atom stereocenters. The Bertz CT molecular complexity index is 619. The molecule has 1 saturated heterocycles. The highest BCUT2D eigenvalue weighted by atomic mass is 16.7. The average Bonchev–Trinajstić information content (AvgIpc) is 2.56. The van der Waals surface area contributed by atoms with E-state index in [4.69, 9.17) is 23.7 Å². The molecule has 11 heteroatoms. The Morgan fingerprint density at radius 2 is 1.36 bits per heavy atom. The first-order valence-electron chi connectivity index (χ1n) is 8.65. The van der Waals surface area contributed by atoms with Crippen LogP contribution in [0.25, 0.3) is 0 Å². The lowest BCUT2D eigenvalue weighted by Crippen LogP contribution is -2.66. The van der Waals surface area contributed by atoms with Gasteiger partial charge in [-0.15, -0.1) is 0 Å². The van der Waals surface area contributed by atoms with Gasteiger partial charge in [-0.2, -0.15) is 0 Å². The normalized spacial score (nSPS) is 26.5. The molecule has 0 aliphatic carbocycles. The van der Waals surface area contributed by atoms with E-state index in [-0.39, 0.29) is 13.0 Å². The van der Waals surface area contributed by atoms with Crippen LogP contribution in [0.1, 0.15) is 41.0 Å². The van der Waals surface area contributed by atoms with Crippen molar-refractivity contribution in [2.24, 2.45) is 0 Å². The predicted octanol–water partition coefficient (Wildman–Crippen LogP) is -0.404. The minimum Gasteiger partial charge on any atom is -0.463 e. The Morgan fingerprint density at radius 3 is 1.82 bits per heavy atom. The van der Waals surface area contributed by atoms with Gasteiger partial charge in [0.15, 0.2) is 12.2 Å². The number of ether oxygens (including phenoxy) is 5. The first-order chi connectivity index (χ1) is 13.0. The van der Waals surface area contributed by atoms with E-state index < -0.39 is 60.4 Å². The molecule has 1 rings (SSSR count). The summed E-state index contributed by atoms with van der Waals surface area (Å²) in [6.07, 6.45) is -4.88. The van der Waals surface area contributed by atoms with Crippen molar-refractivity contribution in [3.8, 4) is 0 Å². The van der Waals surface area contributed by atoms with Crippen molar-refractivity contribution in [1.82, 2.24) is 5.32 Å². The Kier molecular flexibility index (Phi) is 8.83. The summed E-state index contributed by atoms with van der Waals surface area (Å²) in [4.78, 5) is 57.8. The maximum atomic E-state index is 11.9. The Hall–Kier alpha value is -2.69. The minimum absolute atomic E-state index is 0.0885. The van der Waals surface area contributed by atoms with E-state index in [0.29, 0.717) is 0 Å². The number of esters is 4. The number of rotatable bonds is 7. The Morgan fingerprint density at radius 1 is 0.821 bits per heavy atom. The van der Waals surface area contributed by atoms with E-state index in [1.165, 1.54) is 6.92 Å². The van der Waals surface area contributed by atoms with Crippen molar-refractivity contribution < 1.29 is 47.7 Å². The van der Waals surface area contributed by atoms with Gasteiger partial charge in [-0.25, -0.2) is 0 Å². The second kappa shape index (κ2) is 10.6. The molecule has 0 bridgehead atoms. The number of hydrogen-bond acceptors (Lipinski definition) is 10. The van der Waals surface area contributed by atoms with Gasteiger partial charge in [-0.05, 0) is 0 Å². The molecule has 1 N–H and O–H groups in total. The van der Waals surface area contributed by atoms with Crippen molar-refractivity contribution >= 4 is 29.8 Å². The highest BCUT2D eigenvalue weighted by Gasteiger charge is 2.52. The van der Waals surface area contributed by atoms with E-state index in [2.05, 4.69) is 5.32 Å².